The first-order valence-electron chi connectivity index (χ1n) is 12.4. The van der Waals surface area contributed by atoms with E-state index in [1.165, 1.54) is 11.9 Å². The summed E-state index contributed by atoms with van der Waals surface area (Å²) in [5.74, 6) is 0.0773. The molecule has 0 saturated heterocycles. The summed E-state index contributed by atoms with van der Waals surface area (Å²) in [7, 11) is -2.91. The van der Waals surface area contributed by atoms with E-state index >= 15 is 0 Å². The number of benzene rings is 1. The molecule has 208 valence electrons. The second-order valence-corrected chi connectivity index (χ2v) is 12.3. The van der Waals surface area contributed by atoms with Crippen molar-refractivity contribution in [2.24, 2.45) is 16.5 Å². The Hall–Kier alpha value is -3.00. The second kappa shape index (κ2) is 10.6. The summed E-state index contributed by atoms with van der Waals surface area (Å²) in [6.07, 6.45) is -0.778. The van der Waals surface area contributed by atoms with Crippen molar-refractivity contribution in [2.45, 2.75) is 70.4 Å². The molecule has 5 N–H and O–H groups in total. The van der Waals surface area contributed by atoms with E-state index in [0.717, 1.165) is 12.0 Å². The summed E-state index contributed by atoms with van der Waals surface area (Å²) in [6.45, 7) is 5.11. The average Bonchev–Trinajstić information content (AvgIpc) is 3.35. The summed E-state index contributed by atoms with van der Waals surface area (Å²) >= 11 is 0. The third-order valence-corrected chi connectivity index (χ3v) is 8.19. The second-order valence-electron chi connectivity index (χ2n) is 10.9. The maximum Gasteiger partial charge on any atom is 0.422 e. The SMILES string of the molecule is CO[C@H]1Cc2ccccc2[C@H]1Nc1cc(O[C@H]2C[C@H](O)[C@H](C(N(C(=O)O)S(N)(=O)=O)C(C)(C)C)C2)ncn1. The van der Waals surface area contributed by atoms with Gasteiger partial charge in [0.15, 0.2) is 0 Å². The van der Waals surface area contributed by atoms with Gasteiger partial charge in [0.2, 0.25) is 5.88 Å². The van der Waals surface area contributed by atoms with Crippen LogP contribution in [-0.2, 0) is 21.4 Å². The fraction of sp³-hybridized carbons (Fsp3) is 0.560. The van der Waals surface area contributed by atoms with Crippen LogP contribution < -0.4 is 15.2 Å². The number of ether oxygens (including phenoxy) is 2. The van der Waals surface area contributed by atoms with E-state index in [2.05, 4.69) is 27.4 Å². The first-order chi connectivity index (χ1) is 17.8. The van der Waals surface area contributed by atoms with E-state index in [9.17, 15) is 23.4 Å². The predicted octanol–water partition coefficient (Wildman–Crippen LogP) is 2.32. The number of methoxy groups -OCH3 is 1. The molecule has 0 spiro atoms. The predicted molar refractivity (Wildman–Crippen MR) is 139 cm³/mol. The van der Waals surface area contributed by atoms with Crippen molar-refractivity contribution in [2.75, 3.05) is 12.4 Å². The van der Waals surface area contributed by atoms with Gasteiger partial charge in [-0.25, -0.2) is 19.9 Å². The lowest BCUT2D eigenvalue weighted by Crippen LogP contribution is -2.57. The number of carbonyl (C=O) groups is 1. The van der Waals surface area contributed by atoms with Crippen molar-refractivity contribution in [3.05, 3.63) is 47.8 Å². The molecule has 1 unspecified atom stereocenters. The number of nitrogens with one attached hydrogen (secondary N) is 1. The first kappa shape index (κ1) is 28.0. The standard InChI is InChI=1S/C25H35N5O7S/c1-25(2,3)23(30(24(32)33)38(26,34)35)17-10-15(11-18(17)31)37-21-12-20(27-13-28-21)29-22-16-8-6-5-7-14(16)9-19(22)36-4/h5-8,12-13,15,17-19,22-23,31H,9-11H2,1-4H3,(H,32,33)(H2,26,34,35)(H,27,28,29)/t15-,17-,18+,19+,22-,23?/m1/s1. The Balaban J connectivity index is 1.51. The van der Waals surface area contributed by atoms with Gasteiger partial charge in [0, 0.05) is 31.9 Å². The van der Waals surface area contributed by atoms with Gasteiger partial charge in [-0.2, -0.15) is 12.7 Å². The van der Waals surface area contributed by atoms with Crippen LogP contribution in [0.3, 0.4) is 0 Å². The van der Waals surface area contributed by atoms with Gasteiger partial charge >= 0.3 is 16.3 Å². The zero-order chi connectivity index (χ0) is 27.8. The summed E-state index contributed by atoms with van der Waals surface area (Å²) in [5.41, 5.74) is 1.50. The molecule has 0 aliphatic heterocycles. The van der Waals surface area contributed by atoms with Crippen molar-refractivity contribution in [1.29, 1.82) is 0 Å². The van der Waals surface area contributed by atoms with Gasteiger partial charge in [0.1, 0.15) is 18.2 Å². The van der Waals surface area contributed by atoms with Crippen molar-refractivity contribution >= 4 is 22.1 Å². The summed E-state index contributed by atoms with van der Waals surface area (Å²) in [5, 5.41) is 29.2. The van der Waals surface area contributed by atoms with Crippen LogP contribution in [0.5, 0.6) is 5.88 Å². The third-order valence-electron chi connectivity index (χ3n) is 7.26. The van der Waals surface area contributed by atoms with Crippen LogP contribution in [-0.4, -0.2) is 70.5 Å². The van der Waals surface area contributed by atoms with Gasteiger partial charge in [0.05, 0.1) is 24.3 Å². The number of hydrogen-bond acceptors (Lipinski definition) is 9. The number of aromatic nitrogens is 2. The lowest BCUT2D eigenvalue weighted by atomic mass is 9.77. The van der Waals surface area contributed by atoms with E-state index in [-0.39, 0.29) is 35.2 Å². The number of nitrogens with two attached hydrogens (primary N) is 1. The molecule has 1 aromatic carbocycles. The molecule has 2 aliphatic carbocycles. The Morgan fingerprint density at radius 1 is 1.24 bits per heavy atom. The Kier molecular flexibility index (Phi) is 7.84. The van der Waals surface area contributed by atoms with E-state index < -0.39 is 45.9 Å². The summed E-state index contributed by atoms with van der Waals surface area (Å²) in [6, 6.07) is 8.55. The van der Waals surface area contributed by atoms with Crippen molar-refractivity contribution in [3.8, 4) is 5.88 Å². The van der Waals surface area contributed by atoms with Crippen molar-refractivity contribution in [1.82, 2.24) is 14.3 Å². The van der Waals surface area contributed by atoms with Crippen LogP contribution in [0.4, 0.5) is 10.6 Å². The Bertz CT molecular complexity index is 1270. The monoisotopic (exact) mass is 549 g/mol. The minimum absolute atomic E-state index is 0.0668. The quantitative estimate of drug-likeness (QED) is 0.382. The maximum atomic E-state index is 12.2. The summed E-state index contributed by atoms with van der Waals surface area (Å²) < 4.78 is 36.4. The van der Waals surface area contributed by atoms with E-state index in [0.29, 0.717) is 5.82 Å². The minimum Gasteiger partial charge on any atom is -0.474 e. The molecule has 2 aromatic rings. The number of fused-ring (bicyclic) bond motifs is 1. The Morgan fingerprint density at radius 3 is 2.58 bits per heavy atom. The fourth-order valence-corrected chi connectivity index (χ4v) is 6.76. The van der Waals surface area contributed by atoms with Crippen LogP contribution in [0.15, 0.2) is 36.7 Å². The van der Waals surface area contributed by atoms with Crippen LogP contribution in [0.1, 0.15) is 50.8 Å². The topological polar surface area (TPSA) is 177 Å². The highest BCUT2D eigenvalue weighted by atomic mass is 32.2. The van der Waals surface area contributed by atoms with Gasteiger partial charge in [-0.05, 0) is 23.0 Å². The molecule has 12 nitrogen and oxygen atoms in total. The lowest BCUT2D eigenvalue weighted by molar-refractivity contribution is 0.0395. The van der Waals surface area contributed by atoms with Gasteiger partial charge in [-0.15, -0.1) is 0 Å². The number of rotatable bonds is 8. The summed E-state index contributed by atoms with van der Waals surface area (Å²) in [4.78, 5) is 20.4. The highest BCUT2D eigenvalue weighted by molar-refractivity contribution is 7.87. The molecule has 1 fully saturated rings. The van der Waals surface area contributed by atoms with Crippen LogP contribution in [0.25, 0.3) is 0 Å². The number of anilines is 1. The minimum atomic E-state index is -4.59. The normalized spacial score (nSPS) is 26.0. The Morgan fingerprint density at radius 2 is 1.95 bits per heavy atom. The highest BCUT2D eigenvalue weighted by Gasteiger charge is 2.50. The highest BCUT2D eigenvalue weighted by Crippen LogP contribution is 2.41. The van der Waals surface area contributed by atoms with Gasteiger partial charge in [-0.3, -0.25) is 0 Å². The largest absolute Gasteiger partial charge is 0.474 e. The molecule has 1 amide bonds. The molecule has 38 heavy (non-hydrogen) atoms. The molecule has 4 rings (SSSR count). The van der Waals surface area contributed by atoms with Gasteiger partial charge in [0.25, 0.3) is 0 Å². The van der Waals surface area contributed by atoms with Crippen LogP contribution in [0.2, 0.25) is 0 Å². The Labute approximate surface area is 222 Å². The molecule has 6 atom stereocenters. The van der Waals surface area contributed by atoms with Crippen molar-refractivity contribution in [3.63, 3.8) is 0 Å². The molecule has 0 radical (unpaired) electrons. The molecular formula is C25H35N5O7S. The molecule has 13 heteroatoms. The molecule has 2 aliphatic rings. The third kappa shape index (κ3) is 5.85. The molecule has 0 bridgehead atoms. The van der Waals surface area contributed by atoms with E-state index in [1.807, 2.05) is 12.1 Å². The molecule has 1 aromatic heterocycles. The number of aliphatic hydroxyl groups excluding tert-OH is 1. The van der Waals surface area contributed by atoms with E-state index in [1.54, 1.807) is 33.9 Å². The number of hydrogen-bond donors (Lipinski definition) is 4. The zero-order valence-electron chi connectivity index (χ0n) is 21.8. The maximum absolute atomic E-state index is 12.2. The zero-order valence-corrected chi connectivity index (χ0v) is 22.6. The smallest absolute Gasteiger partial charge is 0.422 e. The molecule has 1 heterocycles. The average molecular weight is 550 g/mol. The number of aliphatic hydroxyl groups is 1. The molecular weight excluding hydrogens is 514 g/mol. The number of nitrogens with zero attached hydrogens (tertiary/aromatic N) is 3. The fourth-order valence-electron chi connectivity index (χ4n) is 5.75. The first-order valence-corrected chi connectivity index (χ1v) is 13.9. The number of amides is 1. The van der Waals surface area contributed by atoms with Crippen LogP contribution >= 0.6 is 0 Å². The van der Waals surface area contributed by atoms with E-state index in [4.69, 9.17) is 14.6 Å². The van der Waals surface area contributed by atoms with Gasteiger partial charge in [-0.1, -0.05) is 45.0 Å². The van der Waals surface area contributed by atoms with Crippen molar-refractivity contribution < 1.29 is 32.9 Å². The molecule has 1 saturated carbocycles. The lowest BCUT2D eigenvalue weighted by Gasteiger charge is -2.41. The van der Waals surface area contributed by atoms with Crippen LogP contribution in [0, 0.1) is 11.3 Å². The van der Waals surface area contributed by atoms with Gasteiger partial charge < -0.3 is 25.0 Å². The number of carboxylic acid groups (broad SMARTS) is 1.